The van der Waals surface area contributed by atoms with Crippen molar-refractivity contribution in [1.82, 2.24) is 10.6 Å². The maximum Gasteiger partial charge on any atom is 0.234 e. The Bertz CT molecular complexity index is 562. The smallest absolute Gasteiger partial charge is 0.234 e. The van der Waals surface area contributed by atoms with Crippen LogP contribution in [0.1, 0.15) is 57.4 Å². The average Bonchev–Trinajstić information content (AvgIpc) is 2.58. The predicted octanol–water partition coefficient (Wildman–Crippen LogP) is 3.68. The van der Waals surface area contributed by atoms with E-state index in [1.54, 1.807) is 0 Å². The van der Waals surface area contributed by atoms with Crippen LogP contribution in [0.2, 0.25) is 0 Å². The molecule has 3 nitrogen and oxygen atoms in total. The Morgan fingerprint density at radius 1 is 1.08 bits per heavy atom. The van der Waals surface area contributed by atoms with Crippen LogP contribution < -0.4 is 10.6 Å². The minimum Gasteiger partial charge on any atom is -0.353 e. The predicted molar refractivity (Wildman–Crippen MR) is 101 cm³/mol. The van der Waals surface area contributed by atoms with Gasteiger partial charge in [0.1, 0.15) is 0 Å². The molecule has 0 radical (unpaired) electrons. The van der Waals surface area contributed by atoms with Gasteiger partial charge in [-0.05, 0) is 81.6 Å². The Labute approximate surface area is 152 Å². The number of carbonyl (C=O) groups excluding carboxylic acids is 1. The van der Waals surface area contributed by atoms with Crippen molar-refractivity contribution in [2.45, 2.75) is 69.9 Å². The summed E-state index contributed by atoms with van der Waals surface area (Å²) in [6.45, 7) is 2.60. The quantitative estimate of drug-likeness (QED) is 0.795. The molecule has 0 aliphatic heterocycles. The summed E-state index contributed by atoms with van der Waals surface area (Å²) >= 11 is 0. The van der Waals surface area contributed by atoms with Crippen molar-refractivity contribution in [3.05, 3.63) is 35.9 Å². The van der Waals surface area contributed by atoms with E-state index in [9.17, 15) is 4.79 Å². The number of aryl methyl sites for hydroxylation is 1. The normalized spacial score (nSPS) is 34.0. The van der Waals surface area contributed by atoms with Crippen molar-refractivity contribution in [3.63, 3.8) is 0 Å². The number of carbonyl (C=O) groups is 1. The first-order valence-electron chi connectivity index (χ1n) is 10.2. The van der Waals surface area contributed by atoms with E-state index in [4.69, 9.17) is 0 Å². The van der Waals surface area contributed by atoms with Gasteiger partial charge in [0.05, 0.1) is 6.54 Å². The second-order valence-corrected chi connectivity index (χ2v) is 9.04. The summed E-state index contributed by atoms with van der Waals surface area (Å²) in [6, 6.07) is 10.7. The molecule has 0 spiro atoms. The summed E-state index contributed by atoms with van der Waals surface area (Å²) in [5, 5.41) is 6.88. The van der Waals surface area contributed by atoms with E-state index in [-0.39, 0.29) is 17.5 Å². The van der Waals surface area contributed by atoms with Crippen LogP contribution in [0.15, 0.2) is 30.3 Å². The fourth-order valence-corrected chi connectivity index (χ4v) is 6.02. The summed E-state index contributed by atoms with van der Waals surface area (Å²) < 4.78 is 0. The maximum absolute atomic E-state index is 12.4. The van der Waals surface area contributed by atoms with Crippen molar-refractivity contribution in [1.29, 1.82) is 0 Å². The number of amides is 1. The zero-order valence-electron chi connectivity index (χ0n) is 15.5. The van der Waals surface area contributed by atoms with Crippen LogP contribution in [0.4, 0.5) is 0 Å². The molecule has 4 aliphatic rings. The summed E-state index contributed by atoms with van der Waals surface area (Å²) in [7, 11) is 0. The molecule has 1 amide bonds. The van der Waals surface area contributed by atoms with Crippen LogP contribution in [0.5, 0.6) is 0 Å². The third kappa shape index (κ3) is 4.08. The fourth-order valence-electron chi connectivity index (χ4n) is 6.02. The van der Waals surface area contributed by atoms with E-state index in [0.717, 1.165) is 30.6 Å². The average molecular weight is 341 g/mol. The van der Waals surface area contributed by atoms with Crippen molar-refractivity contribution in [2.24, 2.45) is 17.8 Å². The molecule has 1 atom stereocenters. The lowest BCUT2D eigenvalue weighted by atomic mass is 9.53. The van der Waals surface area contributed by atoms with Gasteiger partial charge in [0, 0.05) is 11.6 Å². The molecule has 136 valence electrons. The Morgan fingerprint density at radius 2 is 1.68 bits per heavy atom. The molecule has 0 heterocycles. The van der Waals surface area contributed by atoms with Gasteiger partial charge in [-0.25, -0.2) is 0 Å². The molecule has 1 aromatic rings. The number of hydrogen-bond acceptors (Lipinski definition) is 2. The minimum absolute atomic E-state index is 0.163. The molecule has 4 fully saturated rings. The molecule has 2 N–H and O–H groups in total. The van der Waals surface area contributed by atoms with Crippen LogP contribution in [0, 0.1) is 17.8 Å². The van der Waals surface area contributed by atoms with Gasteiger partial charge in [-0.2, -0.15) is 0 Å². The lowest BCUT2D eigenvalue weighted by Gasteiger charge is -2.57. The molecule has 4 aliphatic carbocycles. The van der Waals surface area contributed by atoms with Crippen molar-refractivity contribution >= 4 is 5.91 Å². The summed E-state index contributed by atoms with van der Waals surface area (Å²) in [5.41, 5.74) is 1.62. The summed E-state index contributed by atoms with van der Waals surface area (Å²) in [4.78, 5) is 12.4. The van der Waals surface area contributed by atoms with E-state index in [0.29, 0.717) is 6.54 Å². The van der Waals surface area contributed by atoms with Crippen LogP contribution in [0.25, 0.3) is 0 Å². The topological polar surface area (TPSA) is 41.1 Å². The summed E-state index contributed by atoms with van der Waals surface area (Å²) in [5.74, 6) is 2.93. The lowest BCUT2D eigenvalue weighted by molar-refractivity contribution is -0.122. The first kappa shape index (κ1) is 17.1. The molecule has 0 saturated heterocycles. The first-order valence-corrected chi connectivity index (χ1v) is 10.2. The standard InChI is InChI=1S/C22H32N2O/c1-16(7-8-17-5-3-2-4-6-17)24-21(25)15-23-22-12-18-9-19(13-22)11-20(10-18)14-22/h2-6,16,18-20,23H,7-15H2,1H3,(H,24,25)/t16-,18?,19?,20?,22?/m0/s1. The highest BCUT2D eigenvalue weighted by Crippen LogP contribution is 2.55. The molecule has 0 unspecified atom stereocenters. The summed E-state index contributed by atoms with van der Waals surface area (Å²) in [6.07, 6.45) is 10.3. The molecule has 3 heteroatoms. The lowest BCUT2D eigenvalue weighted by Crippen LogP contribution is -2.60. The van der Waals surface area contributed by atoms with Crippen LogP contribution >= 0.6 is 0 Å². The van der Waals surface area contributed by atoms with Crippen LogP contribution in [-0.2, 0) is 11.2 Å². The second kappa shape index (κ2) is 7.11. The molecule has 0 aromatic heterocycles. The number of hydrogen-bond donors (Lipinski definition) is 2. The van der Waals surface area contributed by atoms with E-state index in [1.165, 1.54) is 44.1 Å². The molecule has 5 rings (SSSR count). The molecular weight excluding hydrogens is 308 g/mol. The number of rotatable bonds is 7. The second-order valence-electron chi connectivity index (χ2n) is 9.04. The SMILES string of the molecule is C[C@@H](CCc1ccccc1)NC(=O)CNC12CC3CC(CC(C3)C1)C2. The fraction of sp³-hybridized carbons (Fsp3) is 0.682. The molecule has 25 heavy (non-hydrogen) atoms. The third-order valence-corrected chi connectivity index (χ3v) is 6.78. The molecule has 1 aromatic carbocycles. The Hall–Kier alpha value is -1.35. The first-order chi connectivity index (χ1) is 12.1. The van der Waals surface area contributed by atoms with E-state index in [2.05, 4.69) is 41.8 Å². The highest BCUT2D eigenvalue weighted by atomic mass is 16.2. The van der Waals surface area contributed by atoms with E-state index < -0.39 is 0 Å². The van der Waals surface area contributed by atoms with Gasteiger partial charge in [0.25, 0.3) is 0 Å². The van der Waals surface area contributed by atoms with Gasteiger partial charge in [-0.1, -0.05) is 30.3 Å². The van der Waals surface area contributed by atoms with Gasteiger partial charge >= 0.3 is 0 Å². The van der Waals surface area contributed by atoms with Crippen LogP contribution in [0.3, 0.4) is 0 Å². The van der Waals surface area contributed by atoms with Gasteiger partial charge in [0.15, 0.2) is 0 Å². The van der Waals surface area contributed by atoms with Crippen molar-refractivity contribution < 1.29 is 4.79 Å². The van der Waals surface area contributed by atoms with Crippen molar-refractivity contribution in [2.75, 3.05) is 6.54 Å². The van der Waals surface area contributed by atoms with E-state index >= 15 is 0 Å². The zero-order valence-corrected chi connectivity index (χ0v) is 15.5. The zero-order chi connectivity index (χ0) is 17.3. The van der Waals surface area contributed by atoms with Gasteiger partial charge in [0.2, 0.25) is 5.91 Å². The van der Waals surface area contributed by atoms with Crippen molar-refractivity contribution in [3.8, 4) is 0 Å². The van der Waals surface area contributed by atoms with Crippen LogP contribution in [-0.4, -0.2) is 24.0 Å². The highest BCUT2D eigenvalue weighted by molar-refractivity contribution is 5.78. The van der Waals surface area contributed by atoms with Gasteiger partial charge in [-0.3, -0.25) is 4.79 Å². The Kier molecular flexibility index (Phi) is 4.86. The number of benzene rings is 1. The minimum atomic E-state index is 0.163. The highest BCUT2D eigenvalue weighted by Gasteiger charge is 2.50. The van der Waals surface area contributed by atoms with Gasteiger partial charge < -0.3 is 10.6 Å². The largest absolute Gasteiger partial charge is 0.353 e. The van der Waals surface area contributed by atoms with E-state index in [1.807, 2.05) is 6.07 Å². The molecule has 4 saturated carbocycles. The Balaban J connectivity index is 1.21. The Morgan fingerprint density at radius 3 is 2.28 bits per heavy atom. The molecular formula is C22H32N2O. The van der Waals surface area contributed by atoms with Gasteiger partial charge in [-0.15, -0.1) is 0 Å². The third-order valence-electron chi connectivity index (χ3n) is 6.78. The molecule has 4 bridgehead atoms. The number of nitrogens with one attached hydrogen (secondary N) is 2. The monoisotopic (exact) mass is 340 g/mol. The maximum atomic E-state index is 12.4.